The second-order valence-electron chi connectivity index (χ2n) is 3.05. The molecule has 4 heteroatoms. The van der Waals surface area contributed by atoms with Gasteiger partial charge in [0.25, 0.3) is 0 Å². The molecule has 1 aliphatic carbocycles. The molecule has 0 aromatic heterocycles. The number of rotatable bonds is 1. The number of carbonyl (C=O) groups is 2. The summed E-state index contributed by atoms with van der Waals surface area (Å²) in [4.78, 5) is 22.4. The van der Waals surface area contributed by atoms with Gasteiger partial charge in [-0.05, 0) is 6.08 Å². The molecule has 14 heavy (non-hydrogen) atoms. The Bertz CT molecular complexity index is 427. The average Bonchev–Trinajstić information content (AvgIpc) is 2.18. The van der Waals surface area contributed by atoms with Crippen LogP contribution < -0.4 is 0 Å². The van der Waals surface area contributed by atoms with E-state index in [-0.39, 0.29) is 17.3 Å². The zero-order valence-electron chi connectivity index (χ0n) is 7.23. The van der Waals surface area contributed by atoms with Crippen LogP contribution >= 0.6 is 8.20 Å². The van der Waals surface area contributed by atoms with Gasteiger partial charge in [0.05, 0.1) is 0 Å². The van der Waals surface area contributed by atoms with Crippen LogP contribution in [-0.2, 0) is 9.59 Å². The fourth-order valence-electron chi connectivity index (χ4n) is 1.47. The second-order valence-corrected chi connectivity index (χ2v) is 4.20. The van der Waals surface area contributed by atoms with E-state index < -0.39 is 5.97 Å². The van der Waals surface area contributed by atoms with Gasteiger partial charge in [0.1, 0.15) is 30.8 Å². The maximum Gasteiger partial charge on any atom is 0.343 e. The van der Waals surface area contributed by atoms with Gasteiger partial charge in [0, 0.05) is 0 Å². The highest BCUT2D eigenvalue weighted by Gasteiger charge is 2.34. The van der Waals surface area contributed by atoms with E-state index >= 15 is 0 Å². The molecule has 0 saturated carbocycles. The van der Waals surface area contributed by atoms with Crippen molar-refractivity contribution in [2.75, 3.05) is 0 Å². The summed E-state index contributed by atoms with van der Waals surface area (Å²) < 4.78 is 0. The molecule has 0 aromatic carbocycles. The maximum absolute atomic E-state index is 11.7. The van der Waals surface area contributed by atoms with Crippen molar-refractivity contribution >= 4 is 25.3 Å². The summed E-state index contributed by atoms with van der Waals surface area (Å²) >= 11 is 0. The van der Waals surface area contributed by atoms with E-state index in [1.165, 1.54) is 5.82 Å². The van der Waals surface area contributed by atoms with Crippen LogP contribution in [-0.4, -0.2) is 22.2 Å². The first-order chi connectivity index (χ1) is 6.70. The van der Waals surface area contributed by atoms with Crippen molar-refractivity contribution < 1.29 is 14.7 Å². The van der Waals surface area contributed by atoms with Gasteiger partial charge in [-0.3, -0.25) is 4.79 Å². The summed E-state index contributed by atoms with van der Waals surface area (Å²) in [6, 6.07) is 0. The van der Waals surface area contributed by atoms with Crippen LogP contribution in [0.3, 0.4) is 0 Å². The van der Waals surface area contributed by atoms with Crippen LogP contribution in [0.25, 0.3) is 0 Å². The Morgan fingerprint density at radius 3 is 2.93 bits per heavy atom. The molecule has 0 fully saturated rings. The lowest BCUT2D eigenvalue weighted by Crippen LogP contribution is -2.27. The molecule has 2 unspecified atom stereocenters. The summed E-state index contributed by atoms with van der Waals surface area (Å²) in [6.07, 6.45) is 7.28. The monoisotopic (exact) mass is 207 g/mol. The Kier molecular flexibility index (Phi) is 2.18. The molecule has 1 N–H and O–H groups in total. The number of fused-ring (bicyclic) bond motifs is 1. The topological polar surface area (TPSA) is 54.4 Å². The fraction of sp³-hybridized carbons (Fsp3) is 0.100. The molecule has 1 heterocycles. The van der Waals surface area contributed by atoms with Gasteiger partial charge in [-0.25, -0.2) is 4.79 Å². The van der Waals surface area contributed by atoms with Gasteiger partial charge in [0.15, 0.2) is 5.78 Å². The van der Waals surface area contributed by atoms with Crippen LogP contribution in [0.1, 0.15) is 0 Å². The first-order valence-corrected chi connectivity index (χ1v) is 5.24. The van der Waals surface area contributed by atoms with E-state index in [0.717, 1.165) is 5.29 Å². The van der Waals surface area contributed by atoms with Crippen molar-refractivity contribution in [2.45, 2.75) is 0 Å². The number of allylic oxidation sites excluding steroid dienone is 4. The molecule has 0 aromatic rings. The summed E-state index contributed by atoms with van der Waals surface area (Å²) in [5.41, 5.74) is -0.0722. The molecule has 2 rings (SSSR count). The molecule has 1 aliphatic heterocycles. The van der Waals surface area contributed by atoms with Gasteiger partial charge in [-0.1, -0.05) is 18.2 Å². The number of carboxylic acids is 1. The number of ketones is 1. The number of hydrogen-bond donors (Lipinski definition) is 1. The lowest BCUT2D eigenvalue weighted by atomic mass is 9.92. The Hall–Kier alpha value is -1.47. The smallest absolute Gasteiger partial charge is 0.343 e. The lowest BCUT2D eigenvalue weighted by molar-refractivity contribution is -0.134. The first kappa shape index (κ1) is 9.10. The predicted molar refractivity (Wildman–Crippen MR) is 55.8 cm³/mol. The largest absolute Gasteiger partial charge is 0.477 e. The van der Waals surface area contributed by atoms with Crippen molar-refractivity contribution in [3.05, 3.63) is 35.7 Å². The molecular weight excluding hydrogens is 199 g/mol. The van der Waals surface area contributed by atoms with Crippen molar-refractivity contribution in [2.24, 2.45) is 5.92 Å². The summed E-state index contributed by atoms with van der Waals surface area (Å²) in [7, 11) is 0.305. The molecule has 2 atom stereocenters. The Labute approximate surface area is 82.2 Å². The molecule has 0 bridgehead atoms. The second kappa shape index (κ2) is 3.35. The highest BCUT2D eigenvalue weighted by atomic mass is 31.1. The van der Waals surface area contributed by atoms with E-state index in [1.807, 2.05) is 12.2 Å². The highest BCUT2D eigenvalue weighted by Crippen LogP contribution is 2.27. The fourth-order valence-corrected chi connectivity index (χ4v) is 2.65. The summed E-state index contributed by atoms with van der Waals surface area (Å²) in [5, 5.41) is 9.77. The molecule has 0 amide bonds. The standard InChI is InChI=1S/C10H7O3P/c11-9-6-3-1-2-4-8(6)14-5-7(9)10(12)13/h1-6H,(H,12,13)/p+1. The molecule has 0 saturated heterocycles. The number of carboxylic acid groups (broad SMARTS) is 1. The molecule has 3 nitrogen and oxygen atoms in total. The summed E-state index contributed by atoms with van der Waals surface area (Å²) in [6.45, 7) is 0. The van der Waals surface area contributed by atoms with Crippen LogP contribution in [0.15, 0.2) is 35.7 Å². The van der Waals surface area contributed by atoms with Crippen LogP contribution in [0, 0.1) is 5.92 Å². The van der Waals surface area contributed by atoms with E-state index in [4.69, 9.17) is 5.11 Å². The third-order valence-corrected chi connectivity index (χ3v) is 3.43. The zero-order chi connectivity index (χ0) is 10.1. The number of Topliss-reactive ketones (excluding diaryl/α,β-unsaturated/α-hetero) is 1. The molecule has 2 aliphatic rings. The van der Waals surface area contributed by atoms with E-state index in [1.54, 1.807) is 12.2 Å². The maximum atomic E-state index is 11.7. The van der Waals surface area contributed by atoms with Crippen molar-refractivity contribution in [3.8, 4) is 0 Å². The van der Waals surface area contributed by atoms with Crippen LogP contribution in [0.2, 0.25) is 0 Å². The van der Waals surface area contributed by atoms with Crippen LogP contribution in [0.5, 0.6) is 0 Å². The van der Waals surface area contributed by atoms with Crippen molar-refractivity contribution in [1.82, 2.24) is 0 Å². The minimum atomic E-state index is -1.12. The molecule has 0 spiro atoms. The first-order valence-electron chi connectivity index (χ1n) is 4.16. The highest BCUT2D eigenvalue weighted by molar-refractivity contribution is 7.45. The van der Waals surface area contributed by atoms with Gasteiger partial charge < -0.3 is 5.11 Å². The Balaban J connectivity index is 2.44. The minimum absolute atomic E-state index is 0.0722. The van der Waals surface area contributed by atoms with E-state index in [0.29, 0.717) is 8.20 Å². The minimum Gasteiger partial charge on any atom is -0.477 e. The Morgan fingerprint density at radius 1 is 1.43 bits per heavy atom. The molecular formula is C10H8O3P+. The van der Waals surface area contributed by atoms with Gasteiger partial charge >= 0.3 is 5.97 Å². The number of hydrogen-bond acceptors (Lipinski definition) is 2. The van der Waals surface area contributed by atoms with E-state index in [9.17, 15) is 9.59 Å². The van der Waals surface area contributed by atoms with Crippen molar-refractivity contribution in [1.29, 1.82) is 0 Å². The normalized spacial score (nSPS) is 25.1. The van der Waals surface area contributed by atoms with Crippen LogP contribution in [0.4, 0.5) is 0 Å². The molecule has 0 radical (unpaired) electrons. The Morgan fingerprint density at radius 2 is 2.21 bits per heavy atom. The van der Waals surface area contributed by atoms with E-state index in [2.05, 4.69) is 0 Å². The quantitative estimate of drug-likeness (QED) is 0.518. The van der Waals surface area contributed by atoms with Gasteiger partial charge in [0.2, 0.25) is 0 Å². The number of aliphatic carboxylic acids is 1. The third kappa shape index (κ3) is 1.36. The average molecular weight is 207 g/mol. The predicted octanol–water partition coefficient (Wildman–Crippen LogP) is 1.13. The van der Waals surface area contributed by atoms with Crippen molar-refractivity contribution in [3.63, 3.8) is 0 Å². The summed E-state index contributed by atoms with van der Waals surface area (Å²) in [5.74, 6) is -0.245. The molecule has 70 valence electrons. The van der Waals surface area contributed by atoms with Gasteiger partial charge in [-0.15, -0.1) is 0 Å². The zero-order valence-corrected chi connectivity index (χ0v) is 8.23. The van der Waals surface area contributed by atoms with Gasteiger partial charge in [-0.2, -0.15) is 0 Å². The lowest BCUT2D eigenvalue weighted by Gasteiger charge is -2.12. The number of carbonyl (C=O) groups excluding carboxylic acids is 1. The SMILES string of the molecule is O=C(O)C1=C[PH+]=C2C=CC=CC2C1=O. The third-order valence-electron chi connectivity index (χ3n) is 2.19.